The molecule has 0 spiro atoms. The van der Waals surface area contributed by atoms with Crippen molar-refractivity contribution in [1.29, 1.82) is 0 Å². The molecule has 0 N–H and O–H groups in total. The zero-order valence-electron chi connectivity index (χ0n) is 9.49. The van der Waals surface area contributed by atoms with Crippen molar-refractivity contribution in [3.05, 3.63) is 48.0 Å². The van der Waals surface area contributed by atoms with E-state index in [-0.39, 0.29) is 0 Å². The van der Waals surface area contributed by atoms with Crippen molar-refractivity contribution < 1.29 is 4.74 Å². The van der Waals surface area contributed by atoms with Gasteiger partial charge in [0, 0.05) is 6.61 Å². The number of benzene rings is 1. The highest BCUT2D eigenvalue weighted by Gasteiger charge is 1.91. The fourth-order valence-electron chi connectivity index (χ4n) is 1.40. The van der Waals surface area contributed by atoms with Gasteiger partial charge in [-0.25, -0.2) is 0 Å². The molecule has 0 fully saturated rings. The maximum atomic E-state index is 5.58. The third-order valence-corrected chi connectivity index (χ3v) is 2.26. The number of hydrogen-bond acceptors (Lipinski definition) is 1. The molecule has 1 heteroatoms. The van der Waals surface area contributed by atoms with Gasteiger partial charge in [-0.05, 0) is 31.7 Å². The monoisotopic (exact) mass is 204 g/mol. The highest BCUT2D eigenvalue weighted by molar-refractivity contribution is 5.13. The Morgan fingerprint density at radius 1 is 1.13 bits per heavy atom. The minimum atomic E-state index is 0.741. The second-order valence-corrected chi connectivity index (χ2v) is 3.60. The maximum Gasteiger partial charge on any atom is 0.0716 e. The first-order valence-electron chi connectivity index (χ1n) is 5.66. The Morgan fingerprint density at radius 3 is 2.67 bits per heavy atom. The third kappa shape index (κ3) is 6.08. The van der Waals surface area contributed by atoms with E-state index in [0.717, 1.165) is 19.6 Å². The molecule has 0 aromatic heterocycles. The van der Waals surface area contributed by atoms with Crippen molar-refractivity contribution in [2.75, 3.05) is 6.61 Å². The molecule has 0 aliphatic carbocycles. The zero-order chi connectivity index (χ0) is 10.8. The van der Waals surface area contributed by atoms with E-state index < -0.39 is 0 Å². The highest BCUT2D eigenvalue weighted by Crippen LogP contribution is 2.02. The molecule has 1 aromatic rings. The highest BCUT2D eigenvalue weighted by atomic mass is 16.5. The van der Waals surface area contributed by atoms with Crippen molar-refractivity contribution in [2.24, 2.45) is 0 Å². The van der Waals surface area contributed by atoms with Crippen molar-refractivity contribution in [3.8, 4) is 0 Å². The van der Waals surface area contributed by atoms with Gasteiger partial charge in [0.25, 0.3) is 0 Å². The van der Waals surface area contributed by atoms with Crippen LogP contribution in [0.4, 0.5) is 0 Å². The summed E-state index contributed by atoms with van der Waals surface area (Å²) in [7, 11) is 0. The van der Waals surface area contributed by atoms with Gasteiger partial charge >= 0.3 is 0 Å². The number of hydrogen-bond donors (Lipinski definition) is 0. The molecule has 0 radical (unpaired) electrons. The predicted octanol–water partition coefficient (Wildman–Crippen LogP) is 3.95. The van der Waals surface area contributed by atoms with E-state index in [1.807, 2.05) is 18.2 Å². The van der Waals surface area contributed by atoms with E-state index in [9.17, 15) is 0 Å². The van der Waals surface area contributed by atoms with Gasteiger partial charge < -0.3 is 4.74 Å². The van der Waals surface area contributed by atoms with Crippen LogP contribution in [0.3, 0.4) is 0 Å². The summed E-state index contributed by atoms with van der Waals surface area (Å²) in [4.78, 5) is 0. The van der Waals surface area contributed by atoms with Gasteiger partial charge in [0.15, 0.2) is 0 Å². The fourth-order valence-corrected chi connectivity index (χ4v) is 1.40. The molecule has 1 nitrogen and oxygen atoms in total. The van der Waals surface area contributed by atoms with Crippen molar-refractivity contribution in [2.45, 2.75) is 32.8 Å². The minimum Gasteiger partial charge on any atom is -0.377 e. The first-order chi connectivity index (χ1) is 7.43. The molecular formula is C14H20O. The van der Waals surface area contributed by atoms with Gasteiger partial charge in [0.1, 0.15) is 0 Å². The number of allylic oxidation sites excluding steroid dienone is 2. The molecule has 0 amide bonds. The molecule has 1 aromatic carbocycles. The summed E-state index contributed by atoms with van der Waals surface area (Å²) in [6.45, 7) is 3.67. The van der Waals surface area contributed by atoms with Crippen LogP contribution in [0.1, 0.15) is 31.7 Å². The molecular weight excluding hydrogens is 184 g/mol. The molecule has 0 aliphatic heterocycles. The summed E-state index contributed by atoms with van der Waals surface area (Å²) in [5, 5.41) is 0. The number of ether oxygens (including phenoxy) is 1. The van der Waals surface area contributed by atoms with Crippen LogP contribution >= 0.6 is 0 Å². The fraction of sp³-hybridized carbons (Fsp3) is 0.429. The molecule has 0 aliphatic rings. The van der Waals surface area contributed by atoms with E-state index >= 15 is 0 Å². The van der Waals surface area contributed by atoms with E-state index in [0.29, 0.717) is 0 Å². The number of unbranched alkanes of at least 4 members (excludes halogenated alkanes) is 2. The van der Waals surface area contributed by atoms with E-state index in [1.54, 1.807) is 0 Å². The summed E-state index contributed by atoms with van der Waals surface area (Å²) < 4.78 is 5.58. The molecule has 0 heterocycles. The lowest BCUT2D eigenvalue weighted by atomic mass is 10.2. The van der Waals surface area contributed by atoms with E-state index in [2.05, 4.69) is 31.2 Å². The Kier molecular flexibility index (Phi) is 6.59. The average molecular weight is 204 g/mol. The third-order valence-electron chi connectivity index (χ3n) is 2.26. The van der Waals surface area contributed by atoms with Crippen LogP contribution in [0.5, 0.6) is 0 Å². The lowest BCUT2D eigenvalue weighted by molar-refractivity contribution is 0.117. The van der Waals surface area contributed by atoms with Gasteiger partial charge in [-0.15, -0.1) is 0 Å². The molecule has 15 heavy (non-hydrogen) atoms. The summed E-state index contributed by atoms with van der Waals surface area (Å²) in [6.07, 6.45) is 7.85. The minimum absolute atomic E-state index is 0.741. The zero-order valence-corrected chi connectivity index (χ0v) is 9.49. The first kappa shape index (κ1) is 12.0. The summed E-state index contributed by atoms with van der Waals surface area (Å²) in [5.41, 5.74) is 1.26. The molecule has 0 unspecified atom stereocenters. The average Bonchev–Trinajstić information content (AvgIpc) is 2.29. The molecule has 82 valence electrons. The van der Waals surface area contributed by atoms with Crippen LogP contribution in [-0.2, 0) is 11.3 Å². The van der Waals surface area contributed by atoms with E-state index in [4.69, 9.17) is 4.74 Å². The van der Waals surface area contributed by atoms with Crippen LogP contribution in [-0.4, -0.2) is 6.61 Å². The largest absolute Gasteiger partial charge is 0.377 e. The van der Waals surface area contributed by atoms with Gasteiger partial charge in [0.05, 0.1) is 6.61 Å². The molecule has 0 saturated carbocycles. The van der Waals surface area contributed by atoms with Crippen LogP contribution in [0.2, 0.25) is 0 Å². The second-order valence-electron chi connectivity index (χ2n) is 3.60. The SMILES string of the molecule is CC=CCCCCOCc1ccccc1. The summed E-state index contributed by atoms with van der Waals surface area (Å²) in [6, 6.07) is 10.3. The Labute approximate surface area is 92.8 Å². The van der Waals surface area contributed by atoms with Crippen molar-refractivity contribution in [3.63, 3.8) is 0 Å². The second kappa shape index (κ2) is 8.25. The first-order valence-corrected chi connectivity index (χ1v) is 5.66. The van der Waals surface area contributed by atoms with Crippen LogP contribution in [0, 0.1) is 0 Å². The van der Waals surface area contributed by atoms with E-state index in [1.165, 1.54) is 18.4 Å². The normalized spacial score (nSPS) is 11.0. The van der Waals surface area contributed by atoms with Gasteiger partial charge in [-0.2, -0.15) is 0 Å². The predicted molar refractivity (Wildman–Crippen MR) is 64.8 cm³/mol. The molecule has 1 rings (SSSR count). The lowest BCUT2D eigenvalue weighted by Gasteiger charge is -2.03. The van der Waals surface area contributed by atoms with Gasteiger partial charge in [-0.3, -0.25) is 0 Å². The Balaban J connectivity index is 1.98. The number of rotatable bonds is 7. The van der Waals surface area contributed by atoms with Crippen molar-refractivity contribution >= 4 is 0 Å². The van der Waals surface area contributed by atoms with Crippen LogP contribution < -0.4 is 0 Å². The molecule has 0 saturated heterocycles. The van der Waals surface area contributed by atoms with Crippen LogP contribution in [0.15, 0.2) is 42.5 Å². The summed E-state index contributed by atoms with van der Waals surface area (Å²) >= 11 is 0. The van der Waals surface area contributed by atoms with Gasteiger partial charge in [0.2, 0.25) is 0 Å². The molecule has 0 bridgehead atoms. The van der Waals surface area contributed by atoms with Gasteiger partial charge in [-0.1, -0.05) is 42.5 Å². The summed E-state index contributed by atoms with van der Waals surface area (Å²) in [5.74, 6) is 0. The Hall–Kier alpha value is -1.08. The lowest BCUT2D eigenvalue weighted by Crippen LogP contribution is -1.94. The topological polar surface area (TPSA) is 9.23 Å². The molecule has 0 atom stereocenters. The van der Waals surface area contributed by atoms with Crippen LogP contribution in [0.25, 0.3) is 0 Å². The maximum absolute atomic E-state index is 5.58. The Morgan fingerprint density at radius 2 is 1.93 bits per heavy atom. The Bertz CT molecular complexity index is 264. The van der Waals surface area contributed by atoms with Crippen molar-refractivity contribution in [1.82, 2.24) is 0 Å². The standard InChI is InChI=1S/C14H20O/c1-2-3-4-5-9-12-15-13-14-10-7-6-8-11-14/h2-3,6-8,10-11H,4-5,9,12-13H2,1H3. The smallest absolute Gasteiger partial charge is 0.0716 e. The quantitative estimate of drug-likeness (QED) is 0.482.